The summed E-state index contributed by atoms with van der Waals surface area (Å²) in [6.07, 6.45) is 0.124. The number of nitrogens with one attached hydrogen (secondary N) is 1. The van der Waals surface area contributed by atoms with E-state index in [1.807, 2.05) is 44.2 Å². The van der Waals surface area contributed by atoms with Crippen molar-refractivity contribution in [2.75, 3.05) is 7.11 Å². The zero-order valence-corrected chi connectivity index (χ0v) is 14.6. The van der Waals surface area contributed by atoms with Gasteiger partial charge < -0.3 is 14.8 Å². The van der Waals surface area contributed by atoms with E-state index in [4.69, 9.17) is 9.47 Å². The number of esters is 1. The Morgan fingerprint density at radius 1 is 1.17 bits per heavy atom. The van der Waals surface area contributed by atoms with Crippen LogP contribution in [0.3, 0.4) is 0 Å². The van der Waals surface area contributed by atoms with Crippen molar-refractivity contribution in [3.05, 3.63) is 35.9 Å². The molecule has 1 N–H and O–H groups in total. The number of alkyl carbamates (subject to hydrolysis) is 1. The summed E-state index contributed by atoms with van der Waals surface area (Å²) in [6, 6.07) is 9.09. The van der Waals surface area contributed by atoms with Crippen LogP contribution in [-0.4, -0.2) is 25.2 Å². The SMILES string of the molecule is COC(=O)C(C)(C)C(CC(C)C)NC(=O)OCc1ccccc1. The molecular weight excluding hydrogens is 294 g/mol. The number of hydrogen-bond acceptors (Lipinski definition) is 4. The second kappa shape index (κ2) is 8.56. The number of benzene rings is 1. The third-order valence-corrected chi connectivity index (χ3v) is 3.79. The summed E-state index contributed by atoms with van der Waals surface area (Å²) in [6.45, 7) is 7.81. The lowest BCUT2D eigenvalue weighted by molar-refractivity contribution is -0.152. The third kappa shape index (κ3) is 5.93. The molecule has 0 aliphatic carbocycles. The summed E-state index contributed by atoms with van der Waals surface area (Å²) in [5.41, 5.74) is 0.0837. The highest BCUT2D eigenvalue weighted by Crippen LogP contribution is 2.27. The molecule has 1 unspecified atom stereocenters. The van der Waals surface area contributed by atoms with Crippen LogP contribution in [0.15, 0.2) is 30.3 Å². The molecule has 5 heteroatoms. The van der Waals surface area contributed by atoms with Crippen molar-refractivity contribution in [2.45, 2.75) is 46.8 Å². The predicted octanol–water partition coefficient (Wildman–Crippen LogP) is 3.53. The van der Waals surface area contributed by atoms with Crippen molar-refractivity contribution in [1.82, 2.24) is 5.32 Å². The molecule has 128 valence electrons. The Balaban J connectivity index is 2.69. The fraction of sp³-hybridized carbons (Fsp3) is 0.556. The van der Waals surface area contributed by atoms with Gasteiger partial charge in [0.1, 0.15) is 6.61 Å². The molecule has 1 rings (SSSR count). The van der Waals surface area contributed by atoms with Gasteiger partial charge in [0.05, 0.1) is 12.5 Å². The maximum absolute atomic E-state index is 12.1. The number of methoxy groups -OCH3 is 1. The van der Waals surface area contributed by atoms with Crippen LogP contribution in [0.25, 0.3) is 0 Å². The summed E-state index contributed by atoms with van der Waals surface area (Å²) in [5.74, 6) is -0.0372. The first-order chi connectivity index (χ1) is 10.8. The van der Waals surface area contributed by atoms with Crippen molar-refractivity contribution in [2.24, 2.45) is 11.3 Å². The number of ether oxygens (including phenoxy) is 2. The van der Waals surface area contributed by atoms with Crippen molar-refractivity contribution in [1.29, 1.82) is 0 Å². The number of amides is 1. The average molecular weight is 321 g/mol. The Kier molecular flexibility index (Phi) is 7.07. The van der Waals surface area contributed by atoms with Crippen molar-refractivity contribution in [3.63, 3.8) is 0 Å². The van der Waals surface area contributed by atoms with Crippen LogP contribution in [0.2, 0.25) is 0 Å². The van der Waals surface area contributed by atoms with E-state index in [-0.39, 0.29) is 18.6 Å². The van der Waals surface area contributed by atoms with Crippen molar-refractivity contribution < 1.29 is 19.1 Å². The van der Waals surface area contributed by atoms with Crippen LogP contribution in [0, 0.1) is 11.3 Å². The largest absolute Gasteiger partial charge is 0.469 e. The van der Waals surface area contributed by atoms with Gasteiger partial charge in [0.25, 0.3) is 0 Å². The zero-order valence-electron chi connectivity index (χ0n) is 14.6. The Labute approximate surface area is 138 Å². The highest BCUT2D eigenvalue weighted by Gasteiger charge is 2.39. The van der Waals surface area contributed by atoms with Gasteiger partial charge in [-0.3, -0.25) is 4.79 Å². The van der Waals surface area contributed by atoms with Crippen molar-refractivity contribution in [3.8, 4) is 0 Å². The zero-order chi connectivity index (χ0) is 17.5. The Morgan fingerprint density at radius 2 is 1.78 bits per heavy atom. The van der Waals surface area contributed by atoms with Gasteiger partial charge in [-0.2, -0.15) is 0 Å². The molecule has 0 heterocycles. The Hall–Kier alpha value is -2.04. The second-order valence-corrected chi connectivity index (χ2v) is 6.60. The van der Waals surface area contributed by atoms with Gasteiger partial charge in [0.2, 0.25) is 0 Å². The lowest BCUT2D eigenvalue weighted by Gasteiger charge is -2.33. The molecule has 0 radical (unpaired) electrons. The summed E-state index contributed by atoms with van der Waals surface area (Å²) in [7, 11) is 1.35. The van der Waals surface area contributed by atoms with E-state index in [1.54, 1.807) is 13.8 Å². The molecule has 0 aliphatic rings. The van der Waals surface area contributed by atoms with Crippen LogP contribution < -0.4 is 5.32 Å². The molecule has 1 atom stereocenters. The van der Waals surface area contributed by atoms with Crippen LogP contribution in [-0.2, 0) is 20.9 Å². The van der Waals surface area contributed by atoms with E-state index in [2.05, 4.69) is 5.32 Å². The van der Waals surface area contributed by atoms with E-state index in [0.717, 1.165) is 5.56 Å². The number of carbonyl (C=O) groups is 2. The monoisotopic (exact) mass is 321 g/mol. The van der Waals surface area contributed by atoms with Gasteiger partial charge in [-0.1, -0.05) is 44.2 Å². The van der Waals surface area contributed by atoms with E-state index >= 15 is 0 Å². The molecule has 1 aromatic rings. The molecule has 0 aromatic heterocycles. The first-order valence-electron chi connectivity index (χ1n) is 7.83. The lowest BCUT2D eigenvalue weighted by atomic mass is 9.80. The molecule has 5 nitrogen and oxygen atoms in total. The summed E-state index contributed by atoms with van der Waals surface area (Å²) < 4.78 is 10.1. The molecule has 1 amide bonds. The fourth-order valence-corrected chi connectivity index (χ4v) is 2.32. The molecule has 1 aromatic carbocycles. The van der Waals surface area contributed by atoms with Gasteiger partial charge in [-0.05, 0) is 31.7 Å². The molecular formula is C18H27NO4. The highest BCUT2D eigenvalue weighted by molar-refractivity contribution is 5.78. The van der Waals surface area contributed by atoms with E-state index in [0.29, 0.717) is 12.3 Å². The predicted molar refractivity (Wildman–Crippen MR) is 88.8 cm³/mol. The molecule has 0 saturated carbocycles. The van der Waals surface area contributed by atoms with E-state index < -0.39 is 11.5 Å². The second-order valence-electron chi connectivity index (χ2n) is 6.60. The Bertz CT molecular complexity index is 511. The summed E-state index contributed by atoms with van der Waals surface area (Å²) in [4.78, 5) is 24.1. The maximum Gasteiger partial charge on any atom is 0.407 e. The van der Waals surface area contributed by atoms with Gasteiger partial charge in [0.15, 0.2) is 0 Å². The van der Waals surface area contributed by atoms with Gasteiger partial charge in [-0.15, -0.1) is 0 Å². The Morgan fingerprint density at radius 3 is 2.30 bits per heavy atom. The smallest absolute Gasteiger partial charge is 0.407 e. The van der Waals surface area contributed by atoms with Crippen molar-refractivity contribution >= 4 is 12.1 Å². The number of hydrogen-bond donors (Lipinski definition) is 1. The molecule has 0 spiro atoms. The number of carbonyl (C=O) groups excluding carboxylic acids is 2. The van der Waals surface area contributed by atoms with Crippen LogP contribution in [0.1, 0.15) is 39.7 Å². The topological polar surface area (TPSA) is 64.6 Å². The first kappa shape index (κ1) is 19.0. The van der Waals surface area contributed by atoms with Crippen LogP contribution >= 0.6 is 0 Å². The highest BCUT2D eigenvalue weighted by atomic mass is 16.5. The minimum Gasteiger partial charge on any atom is -0.469 e. The molecule has 0 bridgehead atoms. The minimum atomic E-state index is -0.829. The molecule has 0 aliphatic heterocycles. The maximum atomic E-state index is 12.1. The molecule has 0 saturated heterocycles. The molecule has 0 fully saturated rings. The van der Waals surface area contributed by atoms with Gasteiger partial charge >= 0.3 is 12.1 Å². The van der Waals surface area contributed by atoms with Crippen LogP contribution in [0.4, 0.5) is 4.79 Å². The van der Waals surface area contributed by atoms with E-state index in [9.17, 15) is 9.59 Å². The van der Waals surface area contributed by atoms with Gasteiger partial charge in [0, 0.05) is 6.04 Å². The summed E-state index contributed by atoms with van der Waals surface area (Å²) >= 11 is 0. The minimum absolute atomic E-state index is 0.194. The van der Waals surface area contributed by atoms with E-state index in [1.165, 1.54) is 7.11 Å². The average Bonchev–Trinajstić information content (AvgIpc) is 2.52. The molecule has 23 heavy (non-hydrogen) atoms. The summed E-state index contributed by atoms with van der Waals surface area (Å²) in [5, 5.41) is 2.81. The quantitative estimate of drug-likeness (QED) is 0.780. The first-order valence-corrected chi connectivity index (χ1v) is 7.83. The fourth-order valence-electron chi connectivity index (χ4n) is 2.32. The lowest BCUT2D eigenvalue weighted by Crippen LogP contribution is -2.50. The third-order valence-electron chi connectivity index (χ3n) is 3.79. The van der Waals surface area contributed by atoms with Gasteiger partial charge in [-0.25, -0.2) is 4.79 Å². The normalized spacial score (nSPS) is 12.6. The standard InChI is InChI=1S/C18H27NO4/c1-13(2)11-15(18(3,4)16(20)22-5)19-17(21)23-12-14-9-7-6-8-10-14/h6-10,13,15H,11-12H2,1-5H3,(H,19,21). The number of rotatable bonds is 7. The van der Waals surface area contributed by atoms with Crippen LogP contribution in [0.5, 0.6) is 0 Å².